The van der Waals surface area contributed by atoms with E-state index in [1.807, 2.05) is 0 Å². The monoisotopic (exact) mass is 288 g/mol. The molecule has 0 radical (unpaired) electrons. The number of carboxylic acid groups (broad SMARTS) is 1. The highest BCUT2D eigenvalue weighted by molar-refractivity contribution is 5.94. The van der Waals surface area contributed by atoms with Gasteiger partial charge in [0.2, 0.25) is 5.91 Å². The molecule has 0 bridgehead atoms. The summed E-state index contributed by atoms with van der Waals surface area (Å²) in [5.41, 5.74) is 4.91. The zero-order valence-electron chi connectivity index (χ0n) is 10.8. The highest BCUT2D eigenvalue weighted by atomic mass is 16.6. The van der Waals surface area contributed by atoms with Crippen LogP contribution in [0.3, 0.4) is 0 Å². The van der Waals surface area contributed by atoms with Gasteiger partial charge in [0.05, 0.1) is 6.61 Å². The summed E-state index contributed by atoms with van der Waals surface area (Å²) < 4.78 is 9.48. The van der Waals surface area contributed by atoms with E-state index in [1.165, 1.54) is 0 Å². The Morgan fingerprint density at radius 2 is 2.00 bits per heavy atom. The molecule has 1 saturated heterocycles. The highest BCUT2D eigenvalue weighted by Crippen LogP contribution is 2.23. The van der Waals surface area contributed by atoms with Crippen molar-refractivity contribution in [3.63, 3.8) is 0 Å². The number of ether oxygens (including phenoxy) is 2. The molecule has 0 aromatic heterocycles. The lowest BCUT2D eigenvalue weighted by Gasteiger charge is -2.12. The molecule has 1 heterocycles. The van der Waals surface area contributed by atoms with Gasteiger partial charge in [-0.25, -0.2) is 9.59 Å². The van der Waals surface area contributed by atoms with Gasteiger partial charge in [-0.3, -0.25) is 9.59 Å². The van der Waals surface area contributed by atoms with Gasteiger partial charge in [-0.05, 0) is 13.3 Å². The molecule has 112 valence electrons. The fraction of sp³-hybridized carbons (Fsp3) is 0.636. The van der Waals surface area contributed by atoms with Gasteiger partial charge in [-0.2, -0.15) is 0 Å². The van der Waals surface area contributed by atoms with Gasteiger partial charge in [0.25, 0.3) is 5.91 Å². The predicted molar refractivity (Wildman–Crippen MR) is 63.3 cm³/mol. The average molecular weight is 288 g/mol. The molecule has 9 heteroatoms. The van der Waals surface area contributed by atoms with Crippen molar-refractivity contribution >= 4 is 23.8 Å². The van der Waals surface area contributed by atoms with Crippen LogP contribution < -0.4 is 11.1 Å². The number of primary amides is 1. The molecule has 0 aromatic carbocycles. The number of epoxide rings is 1. The second-order valence-electron chi connectivity index (χ2n) is 4.13. The number of hydrogen-bond donors (Lipinski definition) is 3. The number of carbonyl (C=O) groups excluding carboxylic acids is 3. The maximum Gasteiger partial charge on any atom is 0.338 e. The molecule has 9 nitrogen and oxygen atoms in total. The lowest BCUT2D eigenvalue weighted by molar-refractivity contribution is -0.144. The van der Waals surface area contributed by atoms with Gasteiger partial charge in [-0.15, -0.1) is 0 Å². The van der Waals surface area contributed by atoms with Crippen molar-refractivity contribution in [2.75, 3.05) is 6.61 Å². The minimum Gasteiger partial charge on any atom is -0.480 e. The lowest BCUT2D eigenvalue weighted by atomic mass is 10.1. The maximum atomic E-state index is 11.7. The van der Waals surface area contributed by atoms with Crippen molar-refractivity contribution in [3.8, 4) is 0 Å². The van der Waals surface area contributed by atoms with Crippen molar-refractivity contribution in [1.29, 1.82) is 0 Å². The zero-order valence-corrected chi connectivity index (χ0v) is 10.8. The van der Waals surface area contributed by atoms with Crippen LogP contribution in [0.15, 0.2) is 0 Å². The van der Waals surface area contributed by atoms with Crippen LogP contribution in [0, 0.1) is 0 Å². The molecule has 0 aromatic rings. The van der Waals surface area contributed by atoms with Crippen LogP contribution in [-0.4, -0.2) is 53.7 Å². The number of nitrogens with one attached hydrogen (secondary N) is 1. The van der Waals surface area contributed by atoms with E-state index in [-0.39, 0.29) is 19.4 Å². The molecule has 2 amide bonds. The molecule has 3 atom stereocenters. The van der Waals surface area contributed by atoms with Gasteiger partial charge in [0.1, 0.15) is 6.04 Å². The molecule has 1 aliphatic heterocycles. The first kappa shape index (κ1) is 15.9. The molecule has 0 saturated carbocycles. The van der Waals surface area contributed by atoms with Crippen LogP contribution in [-0.2, 0) is 28.7 Å². The summed E-state index contributed by atoms with van der Waals surface area (Å²) in [6, 6.07) is -1.26. The third-order valence-electron chi connectivity index (χ3n) is 2.56. The van der Waals surface area contributed by atoms with E-state index >= 15 is 0 Å². The number of carboxylic acids is 1. The second-order valence-corrected chi connectivity index (χ2v) is 4.13. The van der Waals surface area contributed by atoms with Crippen LogP contribution in [0.2, 0.25) is 0 Å². The molecular formula is C11H16N2O7. The summed E-state index contributed by atoms with van der Waals surface area (Å²) in [7, 11) is 0. The predicted octanol–water partition coefficient (Wildman–Crippen LogP) is -1.85. The number of nitrogens with two attached hydrogens (primary N) is 1. The average Bonchev–Trinajstić information content (AvgIpc) is 3.14. The molecule has 1 rings (SSSR count). The number of rotatable bonds is 8. The Bertz CT molecular complexity index is 423. The first-order chi connectivity index (χ1) is 9.36. The molecule has 1 aliphatic rings. The van der Waals surface area contributed by atoms with E-state index < -0.39 is 42.0 Å². The minimum atomic E-state index is -1.30. The normalized spacial score (nSPS) is 21.6. The largest absolute Gasteiger partial charge is 0.480 e. The molecule has 1 fully saturated rings. The van der Waals surface area contributed by atoms with E-state index in [9.17, 15) is 19.2 Å². The van der Waals surface area contributed by atoms with Crippen LogP contribution in [0.4, 0.5) is 0 Å². The number of esters is 1. The molecule has 0 spiro atoms. The van der Waals surface area contributed by atoms with E-state index in [0.717, 1.165) is 0 Å². The molecule has 20 heavy (non-hydrogen) atoms. The van der Waals surface area contributed by atoms with Crippen molar-refractivity contribution in [3.05, 3.63) is 0 Å². The van der Waals surface area contributed by atoms with E-state index in [4.69, 9.17) is 15.6 Å². The van der Waals surface area contributed by atoms with Gasteiger partial charge in [0, 0.05) is 6.42 Å². The van der Waals surface area contributed by atoms with Crippen LogP contribution in [0.25, 0.3) is 0 Å². The van der Waals surface area contributed by atoms with Gasteiger partial charge in [0.15, 0.2) is 12.2 Å². The van der Waals surface area contributed by atoms with Crippen molar-refractivity contribution < 1.29 is 33.8 Å². The van der Waals surface area contributed by atoms with E-state index in [1.54, 1.807) is 6.92 Å². The van der Waals surface area contributed by atoms with Crippen LogP contribution in [0.1, 0.15) is 19.8 Å². The molecular weight excluding hydrogens is 272 g/mol. The Hall–Kier alpha value is -2.16. The van der Waals surface area contributed by atoms with E-state index in [2.05, 4.69) is 10.1 Å². The molecule has 4 N–H and O–H groups in total. The number of carbonyl (C=O) groups is 4. The fourth-order valence-electron chi connectivity index (χ4n) is 1.51. The van der Waals surface area contributed by atoms with Gasteiger partial charge in [-0.1, -0.05) is 0 Å². The fourth-order valence-corrected chi connectivity index (χ4v) is 1.51. The lowest BCUT2D eigenvalue weighted by Crippen LogP contribution is -2.44. The minimum absolute atomic E-state index is 0.132. The van der Waals surface area contributed by atoms with Gasteiger partial charge >= 0.3 is 11.9 Å². The SMILES string of the molecule is CCOC(=O)C1OC1C(=O)N[C@@H](CCC(N)=O)C(=O)O. The summed E-state index contributed by atoms with van der Waals surface area (Å²) in [5, 5.41) is 11.1. The summed E-state index contributed by atoms with van der Waals surface area (Å²) in [6.45, 7) is 1.77. The third-order valence-corrected chi connectivity index (χ3v) is 2.56. The number of amides is 2. The van der Waals surface area contributed by atoms with Crippen LogP contribution >= 0.6 is 0 Å². The zero-order chi connectivity index (χ0) is 15.3. The summed E-state index contributed by atoms with van der Waals surface area (Å²) in [5.74, 6) is -3.37. The molecule has 0 aliphatic carbocycles. The highest BCUT2D eigenvalue weighted by Gasteiger charge is 2.52. The van der Waals surface area contributed by atoms with E-state index in [0.29, 0.717) is 0 Å². The second kappa shape index (κ2) is 6.85. The number of hydrogen-bond acceptors (Lipinski definition) is 6. The standard InChI is InChI=1S/C11H16N2O7/c1-2-19-11(18)8-7(20-8)9(15)13-5(10(16)17)3-4-6(12)14/h5,7-8H,2-4H2,1H3,(H2,12,14)(H,13,15)(H,16,17)/t5-,7?,8?/m0/s1. The first-order valence-corrected chi connectivity index (χ1v) is 6.00. The summed E-state index contributed by atoms with van der Waals surface area (Å²) in [6.07, 6.45) is -2.36. The van der Waals surface area contributed by atoms with Crippen molar-refractivity contribution in [1.82, 2.24) is 5.32 Å². The van der Waals surface area contributed by atoms with Crippen molar-refractivity contribution in [2.24, 2.45) is 5.73 Å². The Morgan fingerprint density at radius 3 is 2.50 bits per heavy atom. The third kappa shape index (κ3) is 4.50. The quantitative estimate of drug-likeness (QED) is 0.350. The Balaban J connectivity index is 2.46. The Kier molecular flexibility index (Phi) is 5.44. The maximum absolute atomic E-state index is 11.7. The Labute approximate surface area is 114 Å². The summed E-state index contributed by atoms with van der Waals surface area (Å²) in [4.78, 5) is 44.4. The van der Waals surface area contributed by atoms with Gasteiger partial charge < -0.3 is 25.6 Å². The summed E-state index contributed by atoms with van der Waals surface area (Å²) >= 11 is 0. The smallest absolute Gasteiger partial charge is 0.338 e. The number of aliphatic carboxylic acids is 1. The Morgan fingerprint density at radius 1 is 1.35 bits per heavy atom. The van der Waals surface area contributed by atoms with Crippen molar-refractivity contribution in [2.45, 2.75) is 38.0 Å². The van der Waals surface area contributed by atoms with Crippen LogP contribution in [0.5, 0.6) is 0 Å². The molecule has 2 unspecified atom stereocenters. The first-order valence-electron chi connectivity index (χ1n) is 6.00. The topological polar surface area (TPSA) is 148 Å².